The highest BCUT2D eigenvalue weighted by Gasteiger charge is 2.23. The number of rotatable bonds is 2. The standard InChI is InChI=1S/C12H16Br2N2OS/c13-10-6-7(11(14)18-10)12(17)16-9-5-3-1-2-4-8(9)15/h6,8-9H,1-5,15H2,(H,16,17). The smallest absolute Gasteiger partial charge is 0.253 e. The zero-order valence-corrected chi connectivity index (χ0v) is 13.9. The fourth-order valence-electron chi connectivity index (χ4n) is 2.26. The molecule has 2 atom stereocenters. The number of thiophene rings is 1. The van der Waals surface area contributed by atoms with Gasteiger partial charge in [0.1, 0.15) is 0 Å². The van der Waals surface area contributed by atoms with Gasteiger partial charge in [-0.15, -0.1) is 11.3 Å². The van der Waals surface area contributed by atoms with Gasteiger partial charge >= 0.3 is 0 Å². The van der Waals surface area contributed by atoms with Crippen LogP contribution in [0.15, 0.2) is 13.6 Å². The van der Waals surface area contributed by atoms with Gasteiger partial charge in [-0.25, -0.2) is 0 Å². The van der Waals surface area contributed by atoms with E-state index in [0.717, 1.165) is 26.8 Å². The first-order valence-electron chi connectivity index (χ1n) is 6.09. The van der Waals surface area contributed by atoms with Crippen molar-refractivity contribution in [3.63, 3.8) is 0 Å². The molecule has 0 spiro atoms. The Morgan fingerprint density at radius 3 is 2.72 bits per heavy atom. The topological polar surface area (TPSA) is 55.1 Å². The van der Waals surface area contributed by atoms with Crippen LogP contribution in [0.25, 0.3) is 0 Å². The summed E-state index contributed by atoms with van der Waals surface area (Å²) in [5, 5.41) is 3.07. The van der Waals surface area contributed by atoms with E-state index in [0.29, 0.717) is 5.56 Å². The molecule has 0 aliphatic heterocycles. The quantitative estimate of drug-likeness (QED) is 0.750. The Balaban J connectivity index is 2.04. The van der Waals surface area contributed by atoms with Crippen LogP contribution in [-0.2, 0) is 0 Å². The second-order valence-corrected chi connectivity index (χ2v) is 8.37. The lowest BCUT2D eigenvalue weighted by molar-refractivity contribution is 0.0928. The van der Waals surface area contributed by atoms with Gasteiger partial charge in [0.25, 0.3) is 5.91 Å². The van der Waals surface area contributed by atoms with E-state index in [2.05, 4.69) is 37.2 Å². The maximum Gasteiger partial charge on any atom is 0.253 e. The average molecular weight is 396 g/mol. The van der Waals surface area contributed by atoms with Crippen LogP contribution in [0, 0.1) is 0 Å². The van der Waals surface area contributed by atoms with E-state index in [1.165, 1.54) is 24.2 Å². The third-order valence-corrected chi connectivity index (χ3v) is 5.63. The lowest BCUT2D eigenvalue weighted by Crippen LogP contribution is -2.46. The van der Waals surface area contributed by atoms with Crippen molar-refractivity contribution in [3.8, 4) is 0 Å². The highest BCUT2D eigenvalue weighted by Crippen LogP contribution is 2.32. The molecule has 1 aromatic rings. The lowest BCUT2D eigenvalue weighted by Gasteiger charge is -2.22. The lowest BCUT2D eigenvalue weighted by atomic mass is 10.0. The molecule has 1 aliphatic rings. The zero-order valence-electron chi connectivity index (χ0n) is 9.92. The number of carbonyl (C=O) groups is 1. The van der Waals surface area contributed by atoms with Crippen LogP contribution in [-0.4, -0.2) is 18.0 Å². The number of nitrogens with one attached hydrogen (secondary N) is 1. The van der Waals surface area contributed by atoms with E-state index in [1.54, 1.807) is 0 Å². The molecule has 1 fully saturated rings. The molecular weight excluding hydrogens is 380 g/mol. The van der Waals surface area contributed by atoms with E-state index >= 15 is 0 Å². The largest absolute Gasteiger partial charge is 0.348 e. The molecule has 0 bridgehead atoms. The Morgan fingerprint density at radius 1 is 1.33 bits per heavy atom. The van der Waals surface area contributed by atoms with Crippen LogP contribution in [0.2, 0.25) is 0 Å². The van der Waals surface area contributed by atoms with Crippen LogP contribution in [0.3, 0.4) is 0 Å². The van der Waals surface area contributed by atoms with Crippen molar-refractivity contribution in [2.75, 3.05) is 0 Å². The first-order valence-corrected chi connectivity index (χ1v) is 8.49. The van der Waals surface area contributed by atoms with Crippen molar-refractivity contribution in [1.82, 2.24) is 5.32 Å². The predicted octanol–water partition coefficient (Wildman–Crippen LogP) is 3.66. The van der Waals surface area contributed by atoms with Gasteiger partial charge in [0.15, 0.2) is 0 Å². The summed E-state index contributed by atoms with van der Waals surface area (Å²) >= 11 is 8.30. The number of amides is 1. The highest BCUT2D eigenvalue weighted by molar-refractivity contribution is 9.12. The highest BCUT2D eigenvalue weighted by atomic mass is 79.9. The molecular formula is C12H16Br2N2OS. The fraction of sp³-hybridized carbons (Fsp3) is 0.583. The van der Waals surface area contributed by atoms with Gasteiger partial charge in [0, 0.05) is 12.1 Å². The minimum Gasteiger partial charge on any atom is -0.348 e. The van der Waals surface area contributed by atoms with Gasteiger partial charge in [0.2, 0.25) is 0 Å². The molecule has 2 rings (SSSR count). The summed E-state index contributed by atoms with van der Waals surface area (Å²) in [6.07, 6.45) is 5.51. The summed E-state index contributed by atoms with van der Waals surface area (Å²) in [4.78, 5) is 12.2. The molecule has 1 amide bonds. The van der Waals surface area contributed by atoms with Gasteiger partial charge in [-0.1, -0.05) is 19.3 Å². The van der Waals surface area contributed by atoms with Crippen molar-refractivity contribution in [1.29, 1.82) is 0 Å². The molecule has 0 aromatic carbocycles. The Labute approximate surface area is 128 Å². The second kappa shape index (κ2) is 6.50. The van der Waals surface area contributed by atoms with Crippen molar-refractivity contribution in [2.45, 2.75) is 44.2 Å². The molecule has 1 heterocycles. The van der Waals surface area contributed by atoms with Crippen LogP contribution in [0.4, 0.5) is 0 Å². The summed E-state index contributed by atoms with van der Waals surface area (Å²) in [5.41, 5.74) is 6.80. The van der Waals surface area contributed by atoms with E-state index in [-0.39, 0.29) is 18.0 Å². The molecule has 100 valence electrons. The molecule has 1 saturated carbocycles. The number of nitrogens with two attached hydrogens (primary N) is 1. The number of hydrogen-bond donors (Lipinski definition) is 2. The predicted molar refractivity (Wildman–Crippen MR) is 82.0 cm³/mol. The van der Waals surface area contributed by atoms with Gasteiger partial charge in [0.05, 0.1) is 13.1 Å². The van der Waals surface area contributed by atoms with Crippen LogP contribution < -0.4 is 11.1 Å². The number of halogens is 2. The summed E-state index contributed by atoms with van der Waals surface area (Å²) in [7, 11) is 0. The third kappa shape index (κ3) is 3.56. The molecule has 18 heavy (non-hydrogen) atoms. The minimum absolute atomic E-state index is 0.0359. The van der Waals surface area contributed by atoms with Crippen molar-refractivity contribution >= 4 is 49.1 Å². The van der Waals surface area contributed by atoms with Crippen molar-refractivity contribution in [2.24, 2.45) is 5.73 Å². The summed E-state index contributed by atoms with van der Waals surface area (Å²) < 4.78 is 1.80. The molecule has 0 saturated heterocycles. The van der Waals surface area contributed by atoms with Gasteiger partial charge in [-0.3, -0.25) is 4.79 Å². The molecule has 3 nitrogen and oxygen atoms in total. The Hall–Kier alpha value is 0.0900. The summed E-state index contributed by atoms with van der Waals surface area (Å²) in [6.45, 7) is 0. The Kier molecular flexibility index (Phi) is 5.24. The molecule has 0 radical (unpaired) electrons. The number of hydrogen-bond acceptors (Lipinski definition) is 3. The Bertz CT molecular complexity index is 436. The van der Waals surface area contributed by atoms with Crippen molar-refractivity contribution in [3.05, 3.63) is 19.2 Å². The van der Waals surface area contributed by atoms with Crippen LogP contribution in [0.1, 0.15) is 42.5 Å². The van der Waals surface area contributed by atoms with Gasteiger partial charge in [-0.2, -0.15) is 0 Å². The first kappa shape index (κ1) is 14.5. The normalized spacial score (nSPS) is 24.6. The van der Waals surface area contributed by atoms with Gasteiger partial charge in [-0.05, 0) is 50.8 Å². The first-order chi connectivity index (χ1) is 8.58. The molecule has 6 heteroatoms. The van der Waals surface area contributed by atoms with E-state index in [1.807, 2.05) is 6.07 Å². The van der Waals surface area contributed by atoms with E-state index in [9.17, 15) is 4.79 Å². The van der Waals surface area contributed by atoms with Crippen LogP contribution >= 0.6 is 43.2 Å². The Morgan fingerprint density at radius 2 is 2.06 bits per heavy atom. The molecule has 2 unspecified atom stereocenters. The number of carbonyl (C=O) groups excluding carboxylic acids is 1. The van der Waals surface area contributed by atoms with Crippen molar-refractivity contribution < 1.29 is 4.79 Å². The SMILES string of the molecule is NC1CCCCCC1NC(=O)c1cc(Br)sc1Br. The average Bonchev–Trinajstić information content (AvgIpc) is 2.52. The maximum atomic E-state index is 12.2. The minimum atomic E-state index is -0.0359. The van der Waals surface area contributed by atoms with E-state index in [4.69, 9.17) is 5.73 Å². The monoisotopic (exact) mass is 394 g/mol. The summed E-state index contributed by atoms with van der Waals surface area (Å²) in [6, 6.07) is 2.02. The van der Waals surface area contributed by atoms with Gasteiger partial charge < -0.3 is 11.1 Å². The molecule has 1 aromatic heterocycles. The third-order valence-electron chi connectivity index (χ3n) is 3.29. The second-order valence-electron chi connectivity index (χ2n) is 4.62. The van der Waals surface area contributed by atoms with E-state index < -0.39 is 0 Å². The summed E-state index contributed by atoms with van der Waals surface area (Å²) in [5.74, 6) is -0.0359. The fourth-order valence-corrected chi connectivity index (χ4v) is 5.05. The zero-order chi connectivity index (χ0) is 13.1. The molecule has 1 aliphatic carbocycles. The molecule has 3 N–H and O–H groups in total. The maximum absolute atomic E-state index is 12.2. The van der Waals surface area contributed by atoms with Crippen LogP contribution in [0.5, 0.6) is 0 Å².